The predicted octanol–water partition coefficient (Wildman–Crippen LogP) is 3.18. The first-order valence-corrected chi connectivity index (χ1v) is 8.16. The molecule has 5 heteroatoms. The molecule has 1 amide bonds. The summed E-state index contributed by atoms with van der Waals surface area (Å²) < 4.78 is 5.13. The summed E-state index contributed by atoms with van der Waals surface area (Å²) in [6.45, 7) is 3.74. The Bertz CT molecular complexity index is 462. The second-order valence-corrected chi connectivity index (χ2v) is 5.48. The zero-order valence-corrected chi connectivity index (χ0v) is 13.0. The summed E-state index contributed by atoms with van der Waals surface area (Å²) in [5.74, 6) is 0.752. The zero-order valence-electron chi connectivity index (χ0n) is 12.2. The van der Waals surface area contributed by atoms with E-state index >= 15 is 0 Å². The van der Waals surface area contributed by atoms with E-state index in [0.29, 0.717) is 6.42 Å². The molecule has 21 heavy (non-hydrogen) atoms. The molecular formula is C16H21NO3S. The molecule has 0 aliphatic carbocycles. The van der Waals surface area contributed by atoms with E-state index in [9.17, 15) is 9.59 Å². The van der Waals surface area contributed by atoms with Crippen LogP contribution < -0.4 is 5.32 Å². The second-order valence-electron chi connectivity index (χ2n) is 4.50. The monoisotopic (exact) mass is 307 g/mol. The van der Waals surface area contributed by atoms with Crippen molar-refractivity contribution in [3.63, 3.8) is 0 Å². The van der Waals surface area contributed by atoms with Crippen molar-refractivity contribution < 1.29 is 14.3 Å². The highest BCUT2D eigenvalue weighted by molar-refractivity contribution is 7.98. The normalized spacial score (nSPS) is 11.5. The smallest absolute Gasteiger partial charge is 0.408 e. The number of amides is 1. The first-order valence-electron chi connectivity index (χ1n) is 6.77. The Morgan fingerprint density at radius 3 is 2.71 bits per heavy atom. The third-order valence-electron chi connectivity index (χ3n) is 2.85. The molecule has 4 nitrogen and oxygen atoms in total. The van der Waals surface area contributed by atoms with Gasteiger partial charge in [-0.05, 0) is 24.0 Å². The summed E-state index contributed by atoms with van der Waals surface area (Å²) in [5, 5.41) is 2.63. The number of nitrogens with one attached hydrogen (secondary N) is 1. The van der Waals surface area contributed by atoms with Crippen LogP contribution in [-0.4, -0.2) is 29.9 Å². The molecule has 1 aromatic rings. The number of rotatable bonds is 9. The number of thioether (sulfide) groups is 1. The first-order chi connectivity index (χ1) is 10.2. The van der Waals surface area contributed by atoms with Gasteiger partial charge in [-0.2, -0.15) is 11.8 Å². The molecule has 0 unspecified atom stereocenters. The lowest BCUT2D eigenvalue weighted by molar-refractivity contribution is -0.120. The number of carbonyl (C=O) groups excluding carboxylic acids is 2. The molecule has 0 saturated heterocycles. The van der Waals surface area contributed by atoms with Gasteiger partial charge in [-0.15, -0.1) is 6.58 Å². The van der Waals surface area contributed by atoms with Gasteiger partial charge in [0.2, 0.25) is 0 Å². The summed E-state index contributed by atoms with van der Waals surface area (Å²) in [4.78, 5) is 23.7. The van der Waals surface area contributed by atoms with Crippen LogP contribution in [0.25, 0.3) is 0 Å². The van der Waals surface area contributed by atoms with Crippen molar-refractivity contribution >= 4 is 23.6 Å². The lowest BCUT2D eigenvalue weighted by atomic mass is 10.1. The SMILES string of the molecule is C=CCC(=O)[C@H](CCSC)NC(=O)OCc1ccccc1. The number of alkyl carbamates (subject to hydrolysis) is 1. The van der Waals surface area contributed by atoms with Crippen LogP contribution in [0.15, 0.2) is 43.0 Å². The molecule has 0 heterocycles. The van der Waals surface area contributed by atoms with E-state index in [1.165, 1.54) is 0 Å². The van der Waals surface area contributed by atoms with Crippen LogP contribution in [0.4, 0.5) is 4.79 Å². The van der Waals surface area contributed by atoms with E-state index in [4.69, 9.17) is 4.74 Å². The average Bonchev–Trinajstić information content (AvgIpc) is 2.50. The Hall–Kier alpha value is -1.75. The number of allylic oxidation sites excluding steroid dienone is 1. The van der Waals surface area contributed by atoms with Gasteiger partial charge in [0.15, 0.2) is 5.78 Å². The van der Waals surface area contributed by atoms with Crippen LogP contribution in [0.3, 0.4) is 0 Å². The largest absolute Gasteiger partial charge is 0.445 e. The van der Waals surface area contributed by atoms with E-state index < -0.39 is 12.1 Å². The fraction of sp³-hybridized carbons (Fsp3) is 0.375. The van der Waals surface area contributed by atoms with Crippen molar-refractivity contribution in [1.82, 2.24) is 5.32 Å². The molecule has 0 aliphatic heterocycles. The van der Waals surface area contributed by atoms with E-state index in [2.05, 4.69) is 11.9 Å². The van der Waals surface area contributed by atoms with Crippen molar-refractivity contribution in [2.24, 2.45) is 0 Å². The van der Waals surface area contributed by atoms with Gasteiger partial charge in [-0.25, -0.2) is 4.79 Å². The summed E-state index contributed by atoms with van der Waals surface area (Å²) in [5.41, 5.74) is 0.908. The summed E-state index contributed by atoms with van der Waals surface area (Å²) in [7, 11) is 0. The number of hydrogen-bond donors (Lipinski definition) is 1. The number of carbonyl (C=O) groups is 2. The van der Waals surface area contributed by atoms with Gasteiger partial charge in [-0.3, -0.25) is 4.79 Å². The number of benzene rings is 1. The summed E-state index contributed by atoms with van der Waals surface area (Å²) in [6.07, 6.45) is 3.78. The van der Waals surface area contributed by atoms with Crippen molar-refractivity contribution in [3.05, 3.63) is 48.6 Å². The average molecular weight is 307 g/mol. The minimum Gasteiger partial charge on any atom is -0.445 e. The van der Waals surface area contributed by atoms with Gasteiger partial charge in [0, 0.05) is 6.42 Å². The predicted molar refractivity (Wildman–Crippen MR) is 86.4 cm³/mol. The fourth-order valence-corrected chi connectivity index (χ4v) is 2.21. The molecule has 0 aliphatic rings. The first kappa shape index (κ1) is 17.3. The molecule has 114 valence electrons. The molecule has 0 fully saturated rings. The summed E-state index contributed by atoms with van der Waals surface area (Å²) in [6, 6.07) is 8.90. The van der Waals surface area contributed by atoms with E-state index in [0.717, 1.165) is 11.3 Å². The maximum absolute atomic E-state index is 11.9. The molecule has 0 aromatic heterocycles. The van der Waals surface area contributed by atoms with Crippen molar-refractivity contribution in [2.45, 2.75) is 25.5 Å². The van der Waals surface area contributed by atoms with Gasteiger partial charge in [0.05, 0.1) is 6.04 Å². The molecule has 1 N–H and O–H groups in total. The molecule has 0 radical (unpaired) electrons. The van der Waals surface area contributed by atoms with Gasteiger partial charge in [-0.1, -0.05) is 36.4 Å². The standard InChI is InChI=1S/C16H21NO3S/c1-3-7-15(18)14(10-11-21-2)17-16(19)20-12-13-8-5-4-6-9-13/h3-6,8-9,14H,1,7,10-12H2,2H3,(H,17,19)/t14-/m0/s1. The van der Waals surface area contributed by atoms with Crippen LogP contribution >= 0.6 is 11.8 Å². The maximum atomic E-state index is 11.9. The van der Waals surface area contributed by atoms with E-state index in [1.54, 1.807) is 17.8 Å². The van der Waals surface area contributed by atoms with E-state index in [1.807, 2.05) is 36.6 Å². The second kappa shape index (κ2) is 10.0. The lowest BCUT2D eigenvalue weighted by Crippen LogP contribution is -2.41. The molecule has 1 rings (SSSR count). The molecule has 0 bridgehead atoms. The van der Waals surface area contributed by atoms with Crippen LogP contribution in [0, 0.1) is 0 Å². The van der Waals surface area contributed by atoms with Gasteiger partial charge in [0.1, 0.15) is 6.61 Å². The zero-order chi connectivity index (χ0) is 15.5. The van der Waals surface area contributed by atoms with Crippen molar-refractivity contribution in [2.75, 3.05) is 12.0 Å². The fourth-order valence-electron chi connectivity index (χ4n) is 1.74. The van der Waals surface area contributed by atoms with E-state index in [-0.39, 0.29) is 18.8 Å². The maximum Gasteiger partial charge on any atom is 0.408 e. The van der Waals surface area contributed by atoms with Gasteiger partial charge < -0.3 is 10.1 Å². The third kappa shape index (κ3) is 6.99. The number of ketones is 1. The van der Waals surface area contributed by atoms with Crippen molar-refractivity contribution in [1.29, 1.82) is 0 Å². The number of ether oxygens (including phenoxy) is 1. The highest BCUT2D eigenvalue weighted by Gasteiger charge is 2.19. The Morgan fingerprint density at radius 2 is 2.10 bits per heavy atom. The van der Waals surface area contributed by atoms with Crippen molar-refractivity contribution in [3.8, 4) is 0 Å². The molecular weight excluding hydrogens is 286 g/mol. The quantitative estimate of drug-likeness (QED) is 0.712. The van der Waals surface area contributed by atoms with Gasteiger partial charge >= 0.3 is 6.09 Å². The topological polar surface area (TPSA) is 55.4 Å². The highest BCUT2D eigenvalue weighted by Crippen LogP contribution is 2.06. The molecule has 0 spiro atoms. The molecule has 1 aromatic carbocycles. The lowest BCUT2D eigenvalue weighted by Gasteiger charge is -2.16. The third-order valence-corrected chi connectivity index (χ3v) is 3.49. The molecule has 1 atom stereocenters. The number of hydrogen-bond acceptors (Lipinski definition) is 4. The summed E-state index contributed by atoms with van der Waals surface area (Å²) >= 11 is 1.63. The Labute approximate surface area is 130 Å². The minimum absolute atomic E-state index is 0.0456. The van der Waals surface area contributed by atoms with Crippen LogP contribution in [0.1, 0.15) is 18.4 Å². The van der Waals surface area contributed by atoms with Crippen LogP contribution in [0.2, 0.25) is 0 Å². The Balaban J connectivity index is 2.46. The number of Topliss-reactive ketones (excluding diaryl/α,β-unsaturated/α-hetero) is 1. The minimum atomic E-state index is -0.567. The van der Waals surface area contributed by atoms with Crippen LogP contribution in [-0.2, 0) is 16.1 Å². The highest BCUT2D eigenvalue weighted by atomic mass is 32.2. The molecule has 0 saturated carbocycles. The Kier molecular flexibility index (Phi) is 8.28. The van der Waals surface area contributed by atoms with Gasteiger partial charge in [0.25, 0.3) is 0 Å². The Morgan fingerprint density at radius 1 is 1.38 bits per heavy atom. The van der Waals surface area contributed by atoms with Crippen LogP contribution in [0.5, 0.6) is 0 Å².